The summed E-state index contributed by atoms with van der Waals surface area (Å²) >= 11 is 5.99. The Balaban J connectivity index is 1.55. The van der Waals surface area contributed by atoms with Crippen LogP contribution in [-0.4, -0.2) is 39.9 Å². The Bertz CT molecular complexity index is 735. The zero-order valence-electron chi connectivity index (χ0n) is 15.1. The lowest BCUT2D eigenvalue weighted by Gasteiger charge is -2.34. The molecule has 0 spiro atoms. The SMILES string of the molecule is CCC1CCCCN1C(=O)c1cnc(NCCc2cccc(Cl)c2)cn1. The van der Waals surface area contributed by atoms with Crippen LogP contribution in [0.1, 0.15) is 48.7 Å². The predicted molar refractivity (Wildman–Crippen MR) is 105 cm³/mol. The molecule has 1 aliphatic rings. The smallest absolute Gasteiger partial charge is 0.274 e. The van der Waals surface area contributed by atoms with Gasteiger partial charge in [-0.25, -0.2) is 9.97 Å². The van der Waals surface area contributed by atoms with Crippen LogP contribution in [0.25, 0.3) is 0 Å². The molecule has 2 aromatic rings. The highest BCUT2D eigenvalue weighted by molar-refractivity contribution is 6.30. The second-order valence-electron chi connectivity index (χ2n) is 6.65. The molecular weight excluding hydrogens is 348 g/mol. The molecule has 1 aromatic heterocycles. The van der Waals surface area contributed by atoms with Gasteiger partial charge in [0.1, 0.15) is 11.5 Å². The fourth-order valence-electron chi connectivity index (χ4n) is 3.40. The van der Waals surface area contributed by atoms with E-state index in [1.807, 2.05) is 29.2 Å². The van der Waals surface area contributed by atoms with Crippen molar-refractivity contribution in [3.8, 4) is 0 Å². The number of rotatable bonds is 6. The summed E-state index contributed by atoms with van der Waals surface area (Å²) in [6.07, 6.45) is 8.39. The molecule has 1 saturated heterocycles. The van der Waals surface area contributed by atoms with E-state index in [1.54, 1.807) is 12.4 Å². The van der Waals surface area contributed by atoms with E-state index >= 15 is 0 Å². The summed E-state index contributed by atoms with van der Waals surface area (Å²) in [6, 6.07) is 8.14. The molecule has 1 aromatic carbocycles. The molecule has 138 valence electrons. The van der Waals surface area contributed by atoms with Crippen LogP contribution in [0.4, 0.5) is 5.82 Å². The quantitative estimate of drug-likeness (QED) is 0.826. The number of aromatic nitrogens is 2. The third-order valence-electron chi connectivity index (χ3n) is 4.84. The number of nitrogens with one attached hydrogen (secondary N) is 1. The molecule has 0 radical (unpaired) electrons. The van der Waals surface area contributed by atoms with E-state index < -0.39 is 0 Å². The van der Waals surface area contributed by atoms with Crippen LogP contribution in [0.2, 0.25) is 5.02 Å². The highest BCUT2D eigenvalue weighted by atomic mass is 35.5. The molecule has 0 bridgehead atoms. The third-order valence-corrected chi connectivity index (χ3v) is 5.07. The van der Waals surface area contributed by atoms with Gasteiger partial charge in [0.05, 0.1) is 12.4 Å². The number of benzene rings is 1. The van der Waals surface area contributed by atoms with Crippen LogP contribution in [0, 0.1) is 0 Å². The molecule has 1 aliphatic heterocycles. The van der Waals surface area contributed by atoms with Crippen molar-refractivity contribution in [2.24, 2.45) is 0 Å². The number of amides is 1. The van der Waals surface area contributed by atoms with Gasteiger partial charge in [-0.15, -0.1) is 0 Å². The topological polar surface area (TPSA) is 58.1 Å². The van der Waals surface area contributed by atoms with E-state index in [-0.39, 0.29) is 5.91 Å². The second-order valence-corrected chi connectivity index (χ2v) is 7.09. The monoisotopic (exact) mass is 372 g/mol. The van der Waals surface area contributed by atoms with Gasteiger partial charge >= 0.3 is 0 Å². The molecule has 1 fully saturated rings. The van der Waals surface area contributed by atoms with Gasteiger partial charge in [-0.3, -0.25) is 4.79 Å². The molecule has 26 heavy (non-hydrogen) atoms. The van der Waals surface area contributed by atoms with Crippen molar-refractivity contribution in [1.82, 2.24) is 14.9 Å². The van der Waals surface area contributed by atoms with Gasteiger partial charge < -0.3 is 10.2 Å². The van der Waals surface area contributed by atoms with Gasteiger partial charge in [0, 0.05) is 24.2 Å². The van der Waals surface area contributed by atoms with Crippen LogP contribution >= 0.6 is 11.6 Å². The van der Waals surface area contributed by atoms with Gasteiger partial charge in [-0.2, -0.15) is 0 Å². The van der Waals surface area contributed by atoms with Gasteiger partial charge in [0.25, 0.3) is 5.91 Å². The van der Waals surface area contributed by atoms with Crippen molar-refractivity contribution in [1.29, 1.82) is 0 Å². The van der Waals surface area contributed by atoms with Crippen molar-refractivity contribution in [3.63, 3.8) is 0 Å². The summed E-state index contributed by atoms with van der Waals surface area (Å²) in [5.41, 5.74) is 1.59. The van der Waals surface area contributed by atoms with E-state index in [0.717, 1.165) is 43.8 Å². The first kappa shape index (κ1) is 18.6. The summed E-state index contributed by atoms with van der Waals surface area (Å²) in [7, 11) is 0. The number of hydrogen-bond acceptors (Lipinski definition) is 4. The van der Waals surface area contributed by atoms with Crippen LogP contribution < -0.4 is 5.32 Å². The van der Waals surface area contributed by atoms with Gasteiger partial charge in [0.2, 0.25) is 0 Å². The zero-order valence-corrected chi connectivity index (χ0v) is 15.9. The Hall–Kier alpha value is -2.14. The molecule has 0 saturated carbocycles. The number of piperidine rings is 1. The lowest BCUT2D eigenvalue weighted by molar-refractivity contribution is 0.0601. The Labute approximate surface area is 159 Å². The minimum atomic E-state index is -0.00507. The summed E-state index contributed by atoms with van der Waals surface area (Å²) in [5.74, 6) is 0.670. The lowest BCUT2D eigenvalue weighted by atomic mass is 10.00. The van der Waals surface area contributed by atoms with Gasteiger partial charge in [-0.1, -0.05) is 30.7 Å². The molecule has 3 rings (SSSR count). The van der Waals surface area contributed by atoms with Crippen molar-refractivity contribution in [2.45, 2.75) is 45.1 Å². The number of anilines is 1. The minimum absolute atomic E-state index is 0.00507. The fraction of sp³-hybridized carbons (Fsp3) is 0.450. The summed E-state index contributed by atoms with van der Waals surface area (Å²) in [6.45, 7) is 3.68. The first-order chi connectivity index (χ1) is 12.7. The molecule has 2 heterocycles. The Kier molecular flexibility index (Phi) is 6.45. The van der Waals surface area contributed by atoms with E-state index in [9.17, 15) is 4.79 Å². The highest BCUT2D eigenvalue weighted by Crippen LogP contribution is 2.21. The average Bonchev–Trinajstić information content (AvgIpc) is 2.68. The van der Waals surface area contributed by atoms with Gasteiger partial charge in [0.15, 0.2) is 0 Å². The van der Waals surface area contributed by atoms with E-state index in [0.29, 0.717) is 17.6 Å². The molecule has 1 atom stereocenters. The van der Waals surface area contributed by atoms with Crippen LogP contribution in [0.15, 0.2) is 36.7 Å². The van der Waals surface area contributed by atoms with Crippen LogP contribution in [0.3, 0.4) is 0 Å². The van der Waals surface area contributed by atoms with Crippen molar-refractivity contribution < 1.29 is 4.79 Å². The molecule has 1 N–H and O–H groups in total. The normalized spacial score (nSPS) is 17.2. The molecule has 6 heteroatoms. The highest BCUT2D eigenvalue weighted by Gasteiger charge is 2.27. The van der Waals surface area contributed by atoms with Crippen LogP contribution in [-0.2, 0) is 6.42 Å². The van der Waals surface area contributed by atoms with Crippen molar-refractivity contribution in [2.75, 3.05) is 18.4 Å². The number of halogens is 1. The average molecular weight is 373 g/mol. The van der Waals surface area contributed by atoms with E-state index in [2.05, 4.69) is 22.2 Å². The Morgan fingerprint density at radius 3 is 2.92 bits per heavy atom. The van der Waals surface area contributed by atoms with Crippen molar-refractivity contribution >= 4 is 23.3 Å². The minimum Gasteiger partial charge on any atom is -0.368 e. The predicted octanol–water partition coefficient (Wildman–Crippen LogP) is 4.19. The second kappa shape index (κ2) is 8.99. The fourth-order valence-corrected chi connectivity index (χ4v) is 3.61. The summed E-state index contributed by atoms with van der Waals surface area (Å²) in [4.78, 5) is 23.3. The largest absolute Gasteiger partial charge is 0.368 e. The van der Waals surface area contributed by atoms with Gasteiger partial charge in [-0.05, 0) is 49.8 Å². The first-order valence-electron chi connectivity index (χ1n) is 9.28. The standard InChI is InChI=1S/C20H25ClN4O/c1-2-17-8-3-4-11-25(17)20(26)18-13-24-19(14-23-18)22-10-9-15-6-5-7-16(21)12-15/h5-7,12-14,17H,2-4,8-11H2,1H3,(H,22,24). The number of hydrogen-bond donors (Lipinski definition) is 1. The number of carbonyl (C=O) groups is 1. The maximum Gasteiger partial charge on any atom is 0.274 e. The molecule has 5 nitrogen and oxygen atoms in total. The zero-order chi connectivity index (χ0) is 18.4. The number of likely N-dealkylation sites (tertiary alicyclic amines) is 1. The number of carbonyl (C=O) groups excluding carboxylic acids is 1. The Morgan fingerprint density at radius 1 is 1.31 bits per heavy atom. The summed E-state index contributed by atoms with van der Waals surface area (Å²) in [5, 5.41) is 3.98. The maximum absolute atomic E-state index is 12.7. The maximum atomic E-state index is 12.7. The number of nitrogens with zero attached hydrogens (tertiary/aromatic N) is 3. The van der Waals surface area contributed by atoms with Crippen LogP contribution in [0.5, 0.6) is 0 Å². The van der Waals surface area contributed by atoms with Crippen molar-refractivity contribution in [3.05, 3.63) is 52.9 Å². The van der Waals surface area contributed by atoms with E-state index in [4.69, 9.17) is 11.6 Å². The molecular formula is C20H25ClN4O. The summed E-state index contributed by atoms with van der Waals surface area (Å²) < 4.78 is 0. The molecule has 0 aliphatic carbocycles. The van der Waals surface area contributed by atoms with E-state index in [1.165, 1.54) is 12.0 Å². The lowest BCUT2D eigenvalue weighted by Crippen LogP contribution is -2.43. The first-order valence-corrected chi connectivity index (χ1v) is 9.66. The third kappa shape index (κ3) is 4.73. The molecule has 1 amide bonds. The Morgan fingerprint density at radius 2 is 2.19 bits per heavy atom. The molecule has 1 unspecified atom stereocenters.